The Labute approximate surface area is 101 Å². The monoisotopic (exact) mass is 221 g/mol. The molecule has 2 rings (SSSR count). The molecule has 0 saturated heterocycles. The standard InChI is InChI=1S/C15H27N/c1-11-7-6-8-13-14(11,3)10-9-12(2)15(13,4)16-5/h7,12-13,16H,6,8-10H2,1-5H3/t12-,13-,14+,15+/m1/s1. The molecule has 0 aromatic heterocycles. The highest BCUT2D eigenvalue weighted by atomic mass is 15.0. The molecule has 92 valence electrons. The molecule has 0 unspecified atom stereocenters. The van der Waals surface area contributed by atoms with Gasteiger partial charge in [-0.3, -0.25) is 0 Å². The average Bonchev–Trinajstić information content (AvgIpc) is 2.27. The maximum absolute atomic E-state index is 3.65. The molecule has 1 saturated carbocycles. The van der Waals surface area contributed by atoms with Crippen LogP contribution in [-0.2, 0) is 0 Å². The van der Waals surface area contributed by atoms with Gasteiger partial charge in [-0.25, -0.2) is 0 Å². The second kappa shape index (κ2) is 3.87. The van der Waals surface area contributed by atoms with Gasteiger partial charge >= 0.3 is 0 Å². The first-order valence-corrected chi connectivity index (χ1v) is 6.81. The molecule has 0 aliphatic heterocycles. The minimum absolute atomic E-state index is 0.322. The van der Waals surface area contributed by atoms with Gasteiger partial charge in [0.15, 0.2) is 0 Å². The second-order valence-electron chi connectivity index (χ2n) is 6.41. The molecule has 0 aromatic carbocycles. The number of hydrogen-bond donors (Lipinski definition) is 1. The Hall–Kier alpha value is -0.300. The Morgan fingerprint density at radius 1 is 1.31 bits per heavy atom. The zero-order valence-electron chi connectivity index (χ0n) is 11.6. The van der Waals surface area contributed by atoms with Crippen LogP contribution in [-0.4, -0.2) is 12.6 Å². The van der Waals surface area contributed by atoms with Crippen LogP contribution in [0.3, 0.4) is 0 Å². The molecule has 2 aliphatic carbocycles. The normalized spacial score (nSPS) is 48.4. The maximum Gasteiger partial charge on any atom is 0.0212 e. The van der Waals surface area contributed by atoms with Gasteiger partial charge in [-0.15, -0.1) is 0 Å². The Balaban J connectivity index is 2.40. The molecule has 0 amide bonds. The molecule has 0 bridgehead atoms. The smallest absolute Gasteiger partial charge is 0.0212 e. The lowest BCUT2D eigenvalue weighted by Crippen LogP contribution is -2.60. The first kappa shape index (κ1) is 12.2. The van der Waals surface area contributed by atoms with Gasteiger partial charge in [-0.05, 0) is 63.8 Å². The number of hydrogen-bond acceptors (Lipinski definition) is 1. The van der Waals surface area contributed by atoms with E-state index in [1.54, 1.807) is 5.57 Å². The summed E-state index contributed by atoms with van der Waals surface area (Å²) in [5.41, 5.74) is 2.41. The molecule has 4 atom stereocenters. The topological polar surface area (TPSA) is 12.0 Å². The molecule has 1 heteroatoms. The number of rotatable bonds is 1. The summed E-state index contributed by atoms with van der Waals surface area (Å²) in [6.07, 6.45) is 7.84. The Morgan fingerprint density at radius 2 is 2.00 bits per heavy atom. The fraction of sp³-hybridized carbons (Fsp3) is 0.867. The van der Waals surface area contributed by atoms with E-state index in [2.05, 4.69) is 46.1 Å². The minimum Gasteiger partial charge on any atom is -0.314 e. The van der Waals surface area contributed by atoms with E-state index in [0.717, 1.165) is 11.8 Å². The Kier molecular flexibility index (Phi) is 2.94. The maximum atomic E-state index is 3.65. The van der Waals surface area contributed by atoms with E-state index in [1.165, 1.54) is 25.7 Å². The van der Waals surface area contributed by atoms with E-state index in [-0.39, 0.29) is 0 Å². The van der Waals surface area contributed by atoms with Gasteiger partial charge in [0.2, 0.25) is 0 Å². The molecular formula is C15H27N. The van der Waals surface area contributed by atoms with Gasteiger partial charge < -0.3 is 5.32 Å². The molecule has 0 spiro atoms. The van der Waals surface area contributed by atoms with Crippen molar-refractivity contribution in [2.24, 2.45) is 17.3 Å². The summed E-state index contributed by atoms with van der Waals surface area (Å²) in [5.74, 6) is 1.60. The molecule has 0 aromatic rings. The van der Waals surface area contributed by atoms with E-state index in [1.807, 2.05) is 0 Å². The summed E-state index contributed by atoms with van der Waals surface area (Å²) < 4.78 is 0. The third kappa shape index (κ3) is 1.48. The molecule has 2 aliphatic rings. The lowest BCUT2D eigenvalue weighted by Gasteiger charge is -2.57. The summed E-state index contributed by atoms with van der Waals surface area (Å²) in [6.45, 7) is 9.70. The molecule has 0 radical (unpaired) electrons. The quantitative estimate of drug-likeness (QED) is 0.665. The summed E-state index contributed by atoms with van der Waals surface area (Å²) >= 11 is 0. The van der Waals surface area contributed by atoms with Crippen molar-refractivity contribution in [2.75, 3.05) is 7.05 Å². The van der Waals surface area contributed by atoms with Crippen molar-refractivity contribution >= 4 is 0 Å². The van der Waals surface area contributed by atoms with E-state index in [0.29, 0.717) is 11.0 Å². The molecular weight excluding hydrogens is 194 g/mol. The third-order valence-corrected chi connectivity index (χ3v) is 5.96. The van der Waals surface area contributed by atoms with Gasteiger partial charge in [-0.2, -0.15) is 0 Å². The van der Waals surface area contributed by atoms with Crippen LogP contribution >= 0.6 is 0 Å². The predicted molar refractivity (Wildman–Crippen MR) is 70.5 cm³/mol. The number of fused-ring (bicyclic) bond motifs is 1. The lowest BCUT2D eigenvalue weighted by atomic mass is 9.51. The highest BCUT2D eigenvalue weighted by Crippen LogP contribution is 2.56. The zero-order valence-corrected chi connectivity index (χ0v) is 11.6. The van der Waals surface area contributed by atoms with Crippen LogP contribution in [0.5, 0.6) is 0 Å². The fourth-order valence-corrected chi connectivity index (χ4v) is 4.21. The molecule has 1 nitrogen and oxygen atoms in total. The van der Waals surface area contributed by atoms with Crippen molar-refractivity contribution in [3.63, 3.8) is 0 Å². The van der Waals surface area contributed by atoms with E-state index < -0.39 is 0 Å². The van der Waals surface area contributed by atoms with Gasteiger partial charge in [0.1, 0.15) is 0 Å². The molecule has 16 heavy (non-hydrogen) atoms. The van der Waals surface area contributed by atoms with Gasteiger partial charge in [-0.1, -0.05) is 25.5 Å². The lowest BCUT2D eigenvalue weighted by molar-refractivity contribution is 0.00174. The zero-order chi connectivity index (χ0) is 12.0. The molecule has 1 N–H and O–H groups in total. The SMILES string of the molecule is CN[C@@]1(C)[C@H](C)CC[C@@]2(C)C(C)=CCC[C@@H]12. The summed E-state index contributed by atoms with van der Waals surface area (Å²) in [7, 11) is 2.15. The molecule has 1 fully saturated rings. The first-order chi connectivity index (χ1) is 7.45. The average molecular weight is 221 g/mol. The van der Waals surface area contributed by atoms with Crippen LogP contribution < -0.4 is 5.32 Å². The van der Waals surface area contributed by atoms with Crippen molar-refractivity contribution in [3.05, 3.63) is 11.6 Å². The van der Waals surface area contributed by atoms with Gasteiger partial charge in [0.05, 0.1) is 0 Å². The van der Waals surface area contributed by atoms with Crippen LogP contribution in [0.2, 0.25) is 0 Å². The third-order valence-electron chi connectivity index (χ3n) is 5.96. The van der Waals surface area contributed by atoms with Crippen molar-refractivity contribution in [1.29, 1.82) is 0 Å². The van der Waals surface area contributed by atoms with Crippen molar-refractivity contribution in [1.82, 2.24) is 5.32 Å². The van der Waals surface area contributed by atoms with Crippen LogP contribution in [0.25, 0.3) is 0 Å². The van der Waals surface area contributed by atoms with Gasteiger partial charge in [0, 0.05) is 5.54 Å². The second-order valence-corrected chi connectivity index (χ2v) is 6.41. The van der Waals surface area contributed by atoms with Crippen LogP contribution in [0, 0.1) is 17.3 Å². The van der Waals surface area contributed by atoms with Crippen molar-refractivity contribution < 1.29 is 0 Å². The fourth-order valence-electron chi connectivity index (χ4n) is 4.21. The largest absolute Gasteiger partial charge is 0.314 e. The minimum atomic E-state index is 0.322. The van der Waals surface area contributed by atoms with Crippen LogP contribution in [0.15, 0.2) is 11.6 Å². The summed E-state index contributed by atoms with van der Waals surface area (Å²) in [5, 5.41) is 3.65. The predicted octanol–water partition coefficient (Wildman–Crippen LogP) is 3.76. The summed E-state index contributed by atoms with van der Waals surface area (Å²) in [4.78, 5) is 0. The van der Waals surface area contributed by atoms with Crippen molar-refractivity contribution in [2.45, 2.75) is 58.9 Å². The summed E-state index contributed by atoms with van der Waals surface area (Å²) in [6, 6.07) is 0. The van der Waals surface area contributed by atoms with E-state index in [4.69, 9.17) is 0 Å². The highest BCUT2D eigenvalue weighted by Gasteiger charge is 2.52. The number of allylic oxidation sites excluding steroid dienone is 2. The van der Waals surface area contributed by atoms with Crippen LogP contribution in [0.1, 0.15) is 53.4 Å². The van der Waals surface area contributed by atoms with Crippen molar-refractivity contribution in [3.8, 4) is 0 Å². The van der Waals surface area contributed by atoms with E-state index >= 15 is 0 Å². The first-order valence-electron chi connectivity index (χ1n) is 6.81. The van der Waals surface area contributed by atoms with Crippen LogP contribution in [0.4, 0.5) is 0 Å². The highest BCUT2D eigenvalue weighted by molar-refractivity contribution is 5.22. The van der Waals surface area contributed by atoms with Gasteiger partial charge in [0.25, 0.3) is 0 Å². The Bertz CT molecular complexity index is 307. The molecule has 0 heterocycles. The van der Waals surface area contributed by atoms with E-state index in [9.17, 15) is 0 Å². The number of nitrogens with one attached hydrogen (secondary N) is 1. The Morgan fingerprint density at radius 3 is 2.62 bits per heavy atom.